The second kappa shape index (κ2) is 9.04. The largest absolute Gasteiger partial charge is 0.467 e. The van der Waals surface area contributed by atoms with E-state index < -0.39 is 0 Å². The molecule has 0 aliphatic rings. The maximum Gasteiger partial charge on any atom is 0.230 e. The molecule has 0 spiro atoms. The minimum Gasteiger partial charge on any atom is -0.467 e. The average Bonchev–Trinajstić information content (AvgIpc) is 3.20. The fraction of sp³-hybridized carbons (Fsp3) is 0.261. The zero-order chi connectivity index (χ0) is 18.2. The first-order chi connectivity index (χ1) is 12.8. The number of hydrogen-bond acceptors (Lipinski definition) is 2. The number of benzene rings is 2. The molecule has 1 atom stereocenters. The molecule has 1 amide bonds. The smallest absolute Gasteiger partial charge is 0.230 e. The van der Waals surface area contributed by atoms with Gasteiger partial charge in [0.2, 0.25) is 5.91 Å². The predicted octanol–water partition coefficient (Wildman–Crippen LogP) is 5.04. The first kappa shape index (κ1) is 18.0. The Labute approximate surface area is 155 Å². The molecule has 134 valence electrons. The van der Waals surface area contributed by atoms with Crippen molar-refractivity contribution in [2.45, 2.75) is 32.2 Å². The van der Waals surface area contributed by atoms with Gasteiger partial charge in [-0.1, -0.05) is 67.6 Å². The highest BCUT2D eigenvalue weighted by Gasteiger charge is 2.25. The van der Waals surface area contributed by atoms with Gasteiger partial charge in [0.25, 0.3) is 0 Å². The second-order valence-electron chi connectivity index (χ2n) is 6.45. The third-order valence-corrected chi connectivity index (χ3v) is 4.66. The van der Waals surface area contributed by atoms with Crippen molar-refractivity contribution >= 4 is 5.91 Å². The van der Waals surface area contributed by atoms with Crippen molar-refractivity contribution in [3.63, 3.8) is 0 Å². The highest BCUT2D eigenvalue weighted by atomic mass is 16.3. The van der Waals surface area contributed by atoms with Gasteiger partial charge >= 0.3 is 0 Å². The molecule has 0 fully saturated rings. The third-order valence-electron chi connectivity index (χ3n) is 4.66. The zero-order valence-electron chi connectivity index (χ0n) is 15.2. The average molecular weight is 347 g/mol. The number of furan rings is 1. The van der Waals surface area contributed by atoms with Crippen LogP contribution in [0, 0.1) is 0 Å². The molecule has 3 aromatic rings. The minimum atomic E-state index is -0.123. The first-order valence-corrected chi connectivity index (χ1v) is 9.18. The van der Waals surface area contributed by atoms with E-state index in [9.17, 15) is 4.79 Å². The number of nitrogens with zero attached hydrogens (tertiary/aromatic N) is 1. The van der Waals surface area contributed by atoms with Crippen LogP contribution in [0.1, 0.15) is 36.1 Å². The van der Waals surface area contributed by atoms with Crippen LogP contribution in [0.5, 0.6) is 0 Å². The van der Waals surface area contributed by atoms with Crippen molar-refractivity contribution in [1.82, 2.24) is 4.90 Å². The van der Waals surface area contributed by atoms with Crippen LogP contribution in [-0.2, 0) is 17.8 Å². The van der Waals surface area contributed by atoms with E-state index in [4.69, 9.17) is 4.42 Å². The number of rotatable bonds is 8. The van der Waals surface area contributed by atoms with Crippen LogP contribution < -0.4 is 0 Å². The van der Waals surface area contributed by atoms with Gasteiger partial charge < -0.3 is 9.32 Å². The van der Waals surface area contributed by atoms with E-state index in [-0.39, 0.29) is 11.8 Å². The number of carbonyl (C=O) groups excluding carboxylic acids is 1. The minimum absolute atomic E-state index is 0.123. The van der Waals surface area contributed by atoms with Crippen molar-refractivity contribution in [1.29, 1.82) is 0 Å². The maximum atomic E-state index is 13.3. The fourth-order valence-electron chi connectivity index (χ4n) is 3.23. The highest BCUT2D eigenvalue weighted by molar-refractivity contribution is 5.83. The van der Waals surface area contributed by atoms with E-state index in [0.717, 1.165) is 24.2 Å². The summed E-state index contributed by atoms with van der Waals surface area (Å²) in [5.74, 6) is 0.849. The molecule has 0 saturated heterocycles. The number of carbonyl (C=O) groups is 1. The van der Waals surface area contributed by atoms with Crippen LogP contribution in [0.3, 0.4) is 0 Å². The standard InChI is InChI=1S/C23H25NO2/c1-2-22(20-12-7-4-8-13-20)23(25)24(18-21-14-9-17-26-21)16-15-19-10-5-3-6-11-19/h3-14,17,22H,2,15-16,18H2,1H3. The Kier molecular flexibility index (Phi) is 6.26. The molecule has 3 heteroatoms. The Bertz CT molecular complexity index is 782. The maximum absolute atomic E-state index is 13.3. The van der Waals surface area contributed by atoms with Gasteiger partial charge in [0.1, 0.15) is 5.76 Å². The van der Waals surface area contributed by atoms with Crippen molar-refractivity contribution < 1.29 is 9.21 Å². The summed E-state index contributed by atoms with van der Waals surface area (Å²) in [6, 6.07) is 24.1. The molecular weight excluding hydrogens is 322 g/mol. The summed E-state index contributed by atoms with van der Waals surface area (Å²) in [6.07, 6.45) is 3.27. The van der Waals surface area contributed by atoms with Gasteiger partial charge in [-0.2, -0.15) is 0 Å². The summed E-state index contributed by atoms with van der Waals surface area (Å²) >= 11 is 0. The lowest BCUT2D eigenvalue weighted by Crippen LogP contribution is -2.36. The lowest BCUT2D eigenvalue weighted by molar-refractivity contribution is -0.133. The van der Waals surface area contributed by atoms with E-state index in [1.54, 1.807) is 6.26 Å². The number of amides is 1. The van der Waals surface area contributed by atoms with Crippen LogP contribution in [0.25, 0.3) is 0 Å². The second-order valence-corrected chi connectivity index (χ2v) is 6.45. The molecule has 0 N–H and O–H groups in total. The molecule has 3 rings (SSSR count). The normalized spacial score (nSPS) is 11.9. The Morgan fingerprint density at radius 3 is 2.27 bits per heavy atom. The van der Waals surface area contributed by atoms with Gasteiger partial charge in [0.05, 0.1) is 18.7 Å². The molecule has 0 saturated carbocycles. The molecule has 1 aromatic heterocycles. The Morgan fingerprint density at radius 2 is 1.65 bits per heavy atom. The summed E-state index contributed by atoms with van der Waals surface area (Å²) in [5, 5.41) is 0. The van der Waals surface area contributed by atoms with Crippen molar-refractivity contribution in [2.75, 3.05) is 6.54 Å². The molecule has 0 aliphatic heterocycles. The Hall–Kier alpha value is -2.81. The van der Waals surface area contributed by atoms with E-state index in [1.165, 1.54) is 5.56 Å². The highest BCUT2D eigenvalue weighted by Crippen LogP contribution is 2.23. The van der Waals surface area contributed by atoms with Crippen LogP contribution in [-0.4, -0.2) is 17.4 Å². The Balaban J connectivity index is 1.77. The van der Waals surface area contributed by atoms with E-state index in [2.05, 4.69) is 19.1 Å². The zero-order valence-corrected chi connectivity index (χ0v) is 15.2. The molecule has 2 aromatic carbocycles. The topological polar surface area (TPSA) is 33.5 Å². The molecule has 0 radical (unpaired) electrons. The van der Waals surface area contributed by atoms with Crippen molar-refractivity contribution in [3.8, 4) is 0 Å². The molecular formula is C23H25NO2. The lowest BCUT2D eigenvalue weighted by Gasteiger charge is -2.26. The molecule has 26 heavy (non-hydrogen) atoms. The molecule has 3 nitrogen and oxygen atoms in total. The van der Waals surface area contributed by atoms with E-state index >= 15 is 0 Å². The van der Waals surface area contributed by atoms with Gasteiger partial charge in [-0.05, 0) is 36.1 Å². The summed E-state index contributed by atoms with van der Waals surface area (Å²) in [5.41, 5.74) is 2.31. The fourth-order valence-corrected chi connectivity index (χ4v) is 3.23. The van der Waals surface area contributed by atoms with Gasteiger partial charge in [0, 0.05) is 6.54 Å². The van der Waals surface area contributed by atoms with Crippen LogP contribution in [0.2, 0.25) is 0 Å². The van der Waals surface area contributed by atoms with Gasteiger partial charge in [-0.15, -0.1) is 0 Å². The summed E-state index contributed by atoms with van der Waals surface area (Å²) in [4.78, 5) is 15.2. The first-order valence-electron chi connectivity index (χ1n) is 9.18. The van der Waals surface area contributed by atoms with Crippen molar-refractivity contribution in [3.05, 3.63) is 95.9 Å². The van der Waals surface area contributed by atoms with Crippen molar-refractivity contribution in [2.24, 2.45) is 0 Å². The SMILES string of the molecule is CCC(C(=O)N(CCc1ccccc1)Cc1ccco1)c1ccccc1. The van der Waals surface area contributed by atoms with Crippen LogP contribution in [0.4, 0.5) is 0 Å². The molecule has 1 unspecified atom stereocenters. The predicted molar refractivity (Wildman–Crippen MR) is 104 cm³/mol. The molecule has 1 heterocycles. The van der Waals surface area contributed by atoms with Gasteiger partial charge in [0.15, 0.2) is 0 Å². The third kappa shape index (κ3) is 4.63. The number of hydrogen-bond donors (Lipinski definition) is 0. The lowest BCUT2D eigenvalue weighted by atomic mass is 9.94. The summed E-state index contributed by atoms with van der Waals surface area (Å²) in [6.45, 7) is 3.24. The summed E-state index contributed by atoms with van der Waals surface area (Å²) < 4.78 is 5.49. The Morgan fingerprint density at radius 1 is 0.962 bits per heavy atom. The summed E-state index contributed by atoms with van der Waals surface area (Å²) in [7, 11) is 0. The van der Waals surface area contributed by atoms with Gasteiger partial charge in [-0.25, -0.2) is 0 Å². The van der Waals surface area contributed by atoms with Gasteiger partial charge in [-0.3, -0.25) is 4.79 Å². The molecule has 0 aliphatic carbocycles. The van der Waals surface area contributed by atoms with E-state index in [0.29, 0.717) is 13.1 Å². The van der Waals surface area contributed by atoms with Crippen LogP contribution >= 0.6 is 0 Å². The molecule has 0 bridgehead atoms. The monoisotopic (exact) mass is 347 g/mol. The van der Waals surface area contributed by atoms with Crippen LogP contribution in [0.15, 0.2) is 83.5 Å². The van der Waals surface area contributed by atoms with E-state index in [1.807, 2.05) is 65.6 Å². The quantitative estimate of drug-likeness (QED) is 0.572.